The summed E-state index contributed by atoms with van der Waals surface area (Å²) in [6, 6.07) is 47.0. The summed E-state index contributed by atoms with van der Waals surface area (Å²) in [6.45, 7) is 0. The van der Waals surface area contributed by atoms with Crippen molar-refractivity contribution in [3.63, 3.8) is 0 Å². The molecule has 6 aromatic carbocycles. The first-order valence-corrected chi connectivity index (χ1v) is 16.1. The van der Waals surface area contributed by atoms with E-state index in [-0.39, 0.29) is 5.84 Å². The Morgan fingerprint density at radius 2 is 1.28 bits per heavy atom. The van der Waals surface area contributed by atoms with Crippen LogP contribution in [0.5, 0.6) is 0 Å². The minimum atomic E-state index is -0.428. The van der Waals surface area contributed by atoms with Gasteiger partial charge >= 0.3 is 0 Å². The molecule has 0 saturated carbocycles. The van der Waals surface area contributed by atoms with Crippen LogP contribution in [0.1, 0.15) is 39.8 Å². The minimum absolute atomic E-state index is 0.140. The Balaban J connectivity index is 1.30. The Hall–Kier alpha value is -6.06. The van der Waals surface area contributed by atoms with Crippen LogP contribution < -0.4 is 5.73 Å². The number of nitrogens with zero attached hydrogens (tertiary/aromatic N) is 1. The molecule has 3 nitrogen and oxygen atoms in total. The average Bonchev–Trinajstić information content (AvgIpc) is 3.42. The quantitative estimate of drug-likeness (QED) is 0.154. The molecule has 0 amide bonds. The first-order valence-electron chi connectivity index (χ1n) is 16.1. The maximum absolute atomic E-state index is 8.72. The van der Waals surface area contributed by atoms with E-state index >= 15 is 0 Å². The monoisotopic (exact) mass is 601 g/mol. The Labute approximate surface area is 274 Å². The summed E-state index contributed by atoms with van der Waals surface area (Å²) in [5, 5.41) is 10.9. The first kappa shape index (κ1) is 27.3. The van der Waals surface area contributed by atoms with Crippen LogP contribution in [0.2, 0.25) is 0 Å². The highest BCUT2D eigenvalue weighted by Crippen LogP contribution is 2.63. The molecule has 1 unspecified atom stereocenters. The van der Waals surface area contributed by atoms with Gasteiger partial charge in [-0.1, -0.05) is 140 Å². The number of rotatable bonds is 3. The van der Waals surface area contributed by atoms with Crippen molar-refractivity contribution in [2.45, 2.75) is 11.8 Å². The lowest BCUT2D eigenvalue weighted by atomic mass is 9.69. The van der Waals surface area contributed by atoms with Crippen LogP contribution >= 0.6 is 0 Å². The minimum Gasteiger partial charge on any atom is -0.383 e. The maximum atomic E-state index is 8.72. The smallest absolute Gasteiger partial charge is 0.154 e. The van der Waals surface area contributed by atoms with Crippen LogP contribution in [0.25, 0.3) is 38.6 Å². The average molecular weight is 602 g/mol. The number of amidine groups is 2. The highest BCUT2D eigenvalue weighted by molar-refractivity contribution is 6.14. The van der Waals surface area contributed by atoms with Crippen LogP contribution in [0, 0.1) is 5.41 Å². The molecule has 1 spiro atoms. The van der Waals surface area contributed by atoms with Gasteiger partial charge in [-0.3, -0.25) is 5.41 Å². The normalized spacial score (nSPS) is 17.4. The van der Waals surface area contributed by atoms with Gasteiger partial charge in [-0.05, 0) is 91.0 Å². The van der Waals surface area contributed by atoms with Gasteiger partial charge in [-0.25, -0.2) is 4.99 Å². The third-order valence-corrected chi connectivity index (χ3v) is 10.0. The zero-order valence-corrected chi connectivity index (χ0v) is 25.7. The van der Waals surface area contributed by atoms with Gasteiger partial charge < -0.3 is 5.73 Å². The molecule has 0 fully saturated rings. The lowest BCUT2D eigenvalue weighted by Crippen LogP contribution is -2.26. The van der Waals surface area contributed by atoms with Crippen LogP contribution in [0.4, 0.5) is 0 Å². The molecule has 0 aliphatic heterocycles. The second-order valence-electron chi connectivity index (χ2n) is 12.4. The van der Waals surface area contributed by atoms with E-state index in [9.17, 15) is 0 Å². The number of benzene rings is 6. The van der Waals surface area contributed by atoms with Crippen molar-refractivity contribution in [3.05, 3.63) is 197 Å². The summed E-state index contributed by atoms with van der Waals surface area (Å²) >= 11 is 0. The van der Waals surface area contributed by atoms with E-state index in [0.717, 1.165) is 39.4 Å². The van der Waals surface area contributed by atoms with Gasteiger partial charge in [0.25, 0.3) is 0 Å². The predicted octanol–water partition coefficient (Wildman–Crippen LogP) is 9.84. The van der Waals surface area contributed by atoms with Crippen molar-refractivity contribution in [2.24, 2.45) is 10.7 Å². The van der Waals surface area contributed by atoms with Crippen molar-refractivity contribution in [1.29, 1.82) is 5.41 Å². The van der Waals surface area contributed by atoms with Crippen molar-refractivity contribution < 1.29 is 0 Å². The van der Waals surface area contributed by atoms with Crippen LogP contribution in [0.15, 0.2) is 168 Å². The molecule has 3 aliphatic rings. The zero-order valence-electron chi connectivity index (χ0n) is 25.7. The molecule has 0 aromatic heterocycles. The van der Waals surface area contributed by atoms with Crippen molar-refractivity contribution in [3.8, 4) is 22.3 Å². The Bertz CT molecular complexity index is 2410. The van der Waals surface area contributed by atoms with Crippen LogP contribution in [0.3, 0.4) is 0 Å². The van der Waals surface area contributed by atoms with Gasteiger partial charge in [-0.2, -0.15) is 0 Å². The number of allylic oxidation sites excluding steroid dienone is 6. The van der Waals surface area contributed by atoms with Crippen LogP contribution in [-0.4, -0.2) is 11.7 Å². The number of aliphatic imine (C=N–C) groups is 1. The third-order valence-electron chi connectivity index (χ3n) is 10.0. The third kappa shape index (κ3) is 4.00. The lowest BCUT2D eigenvalue weighted by molar-refractivity contribution is 0.786. The van der Waals surface area contributed by atoms with E-state index in [1.54, 1.807) is 0 Å². The number of hydrogen-bond acceptors (Lipinski definition) is 1. The molecule has 6 aromatic rings. The standard InChI is InChI=1S/C44H31N3/c45-42(28-13-3-1-4-14-28)47-43(46)37-26-30-16-8-7-15-29(30)25-36(37)31-23-24-35-34-19-10-12-22-40(34)44(41(35)27-31)38-20-6-2-5-17-32(38)33-18-9-11-21-39(33)44/h1-16,18-27H,17H2,(H3,45,46,47). The van der Waals surface area contributed by atoms with E-state index in [0.29, 0.717) is 5.84 Å². The molecule has 3 aliphatic carbocycles. The van der Waals surface area contributed by atoms with Crippen molar-refractivity contribution in [2.75, 3.05) is 0 Å². The van der Waals surface area contributed by atoms with Crippen molar-refractivity contribution in [1.82, 2.24) is 0 Å². The fourth-order valence-corrected chi connectivity index (χ4v) is 8.01. The second kappa shape index (κ2) is 10.5. The number of nitrogens with two attached hydrogens (primary N) is 1. The number of nitrogens with one attached hydrogen (secondary N) is 1. The summed E-state index contributed by atoms with van der Waals surface area (Å²) < 4.78 is 0. The van der Waals surface area contributed by atoms with E-state index in [4.69, 9.17) is 11.1 Å². The second-order valence-corrected chi connectivity index (χ2v) is 12.4. The van der Waals surface area contributed by atoms with Gasteiger partial charge in [0, 0.05) is 11.1 Å². The molecule has 222 valence electrons. The summed E-state index contributed by atoms with van der Waals surface area (Å²) in [5.41, 5.74) is 20.6. The molecule has 0 heterocycles. The topological polar surface area (TPSA) is 62.2 Å². The molecule has 0 radical (unpaired) electrons. The molecular formula is C44H31N3. The van der Waals surface area contributed by atoms with Gasteiger partial charge in [0.05, 0.1) is 5.41 Å². The largest absolute Gasteiger partial charge is 0.383 e. The molecule has 9 rings (SSSR count). The number of fused-ring (bicyclic) bond motifs is 10. The predicted molar refractivity (Wildman–Crippen MR) is 195 cm³/mol. The Morgan fingerprint density at radius 3 is 2.09 bits per heavy atom. The molecular weight excluding hydrogens is 571 g/mol. The SMILES string of the molecule is N=C(N=C(N)c1cc2ccccc2cc1-c1ccc2c(c1)C1(C3=C(CC=CC=C3)c3ccccc31)c1ccccc1-2)c1ccccc1. The molecule has 47 heavy (non-hydrogen) atoms. The summed E-state index contributed by atoms with van der Waals surface area (Å²) in [7, 11) is 0. The highest BCUT2D eigenvalue weighted by Gasteiger charge is 2.52. The maximum Gasteiger partial charge on any atom is 0.154 e. The zero-order chi connectivity index (χ0) is 31.5. The van der Waals surface area contributed by atoms with Gasteiger partial charge in [0.1, 0.15) is 5.84 Å². The fourth-order valence-electron chi connectivity index (χ4n) is 8.01. The molecule has 1 atom stereocenters. The molecule has 0 saturated heterocycles. The Morgan fingerprint density at radius 1 is 0.617 bits per heavy atom. The summed E-state index contributed by atoms with van der Waals surface area (Å²) in [4.78, 5) is 4.63. The van der Waals surface area contributed by atoms with E-state index in [1.165, 1.54) is 44.5 Å². The van der Waals surface area contributed by atoms with E-state index < -0.39 is 5.41 Å². The lowest BCUT2D eigenvalue weighted by Gasteiger charge is -2.32. The van der Waals surface area contributed by atoms with E-state index in [1.807, 2.05) is 36.4 Å². The highest BCUT2D eigenvalue weighted by atomic mass is 14.9. The van der Waals surface area contributed by atoms with Crippen molar-refractivity contribution >= 4 is 28.0 Å². The van der Waals surface area contributed by atoms with Gasteiger partial charge in [-0.15, -0.1) is 0 Å². The van der Waals surface area contributed by atoms with Gasteiger partial charge in [0.15, 0.2) is 5.84 Å². The summed E-state index contributed by atoms with van der Waals surface area (Å²) in [5.74, 6) is 0.466. The van der Waals surface area contributed by atoms with Gasteiger partial charge in [0.2, 0.25) is 0 Å². The fraction of sp³-hybridized carbons (Fsp3) is 0.0455. The first-order chi connectivity index (χ1) is 23.1. The van der Waals surface area contributed by atoms with Crippen LogP contribution in [-0.2, 0) is 5.41 Å². The van der Waals surface area contributed by atoms with E-state index in [2.05, 4.69) is 126 Å². The number of hydrogen-bond donors (Lipinski definition) is 2. The molecule has 3 N–H and O–H groups in total. The summed E-state index contributed by atoms with van der Waals surface area (Å²) in [6.07, 6.45) is 9.86. The molecule has 3 heteroatoms. The molecule has 0 bridgehead atoms. The Kier molecular flexibility index (Phi) is 6.09.